The van der Waals surface area contributed by atoms with Gasteiger partial charge in [0.15, 0.2) is 0 Å². The van der Waals surface area contributed by atoms with Gasteiger partial charge in [-0.05, 0) is 17.5 Å². The number of halogens is 2. The summed E-state index contributed by atoms with van der Waals surface area (Å²) in [6.45, 7) is 0. The molecule has 0 fully saturated rings. The van der Waals surface area contributed by atoms with Crippen LogP contribution in [0, 0.1) is 0 Å². The average Bonchev–Trinajstić information content (AvgIpc) is 2.42. The normalized spacial score (nSPS) is 13.6. The highest BCUT2D eigenvalue weighted by Gasteiger charge is 2.46. The fourth-order valence-electron chi connectivity index (χ4n) is 1.73. The zero-order chi connectivity index (χ0) is 13.6. The second-order valence-electron chi connectivity index (χ2n) is 3.84. The monoisotopic (exact) mass is 308 g/mol. The Hall–Kier alpha value is -0.103. The van der Waals surface area contributed by atoms with Crippen molar-refractivity contribution in [2.24, 2.45) is 0 Å². The molecule has 0 radical (unpaired) electrons. The van der Waals surface area contributed by atoms with Crippen molar-refractivity contribution in [2.45, 2.75) is 17.3 Å². The van der Waals surface area contributed by atoms with E-state index in [1.54, 1.807) is 21.3 Å². The van der Waals surface area contributed by atoms with Gasteiger partial charge in [0, 0.05) is 27.2 Å². The third-order valence-corrected chi connectivity index (χ3v) is 6.77. The van der Waals surface area contributed by atoms with Crippen LogP contribution in [0.25, 0.3) is 0 Å². The fraction of sp³-hybridized carbons (Fsp3) is 0.500. The predicted octanol–water partition coefficient (Wildman–Crippen LogP) is 2.99. The first-order valence-electron chi connectivity index (χ1n) is 5.55. The maximum Gasteiger partial charge on any atom is 0.519 e. The molecular weight excluding hydrogens is 291 g/mol. The third kappa shape index (κ3) is 3.70. The molecule has 0 saturated heterocycles. The quantitative estimate of drug-likeness (QED) is 0.572. The molecule has 0 saturated carbocycles. The minimum absolute atomic E-state index is 0.320. The lowest BCUT2D eigenvalue weighted by atomic mass is 10.1. The SMILES string of the molecule is CO[Si](OC)(OC)C(Cl)Cc1ccc(CCl)cc1. The zero-order valence-corrected chi connectivity index (χ0v) is 13.3. The van der Waals surface area contributed by atoms with Gasteiger partial charge in [-0.2, -0.15) is 0 Å². The van der Waals surface area contributed by atoms with Gasteiger partial charge >= 0.3 is 8.80 Å². The lowest BCUT2D eigenvalue weighted by Crippen LogP contribution is -2.52. The summed E-state index contributed by atoms with van der Waals surface area (Å²) < 4.78 is 16.1. The van der Waals surface area contributed by atoms with E-state index in [1.165, 1.54) is 0 Å². The van der Waals surface area contributed by atoms with Gasteiger partial charge in [-0.1, -0.05) is 24.3 Å². The van der Waals surface area contributed by atoms with E-state index in [-0.39, 0.29) is 5.00 Å². The van der Waals surface area contributed by atoms with Gasteiger partial charge in [0.1, 0.15) is 5.00 Å². The van der Waals surface area contributed by atoms with E-state index in [9.17, 15) is 0 Å². The molecule has 1 atom stereocenters. The Morgan fingerprint density at radius 2 is 1.44 bits per heavy atom. The Bertz CT molecular complexity index is 347. The molecule has 0 aliphatic rings. The summed E-state index contributed by atoms with van der Waals surface area (Å²) in [4.78, 5) is 0. The second kappa shape index (κ2) is 7.48. The Labute approximate surface area is 119 Å². The molecule has 6 heteroatoms. The van der Waals surface area contributed by atoms with Crippen LogP contribution >= 0.6 is 23.2 Å². The van der Waals surface area contributed by atoms with Gasteiger partial charge in [0.25, 0.3) is 0 Å². The van der Waals surface area contributed by atoms with E-state index in [4.69, 9.17) is 36.5 Å². The first kappa shape index (κ1) is 16.0. The van der Waals surface area contributed by atoms with Crippen molar-refractivity contribution in [1.29, 1.82) is 0 Å². The van der Waals surface area contributed by atoms with Crippen LogP contribution in [0.5, 0.6) is 0 Å². The highest BCUT2D eigenvalue weighted by atomic mass is 35.5. The average molecular weight is 309 g/mol. The van der Waals surface area contributed by atoms with Crippen molar-refractivity contribution >= 4 is 32.0 Å². The van der Waals surface area contributed by atoms with Crippen LogP contribution < -0.4 is 0 Å². The lowest BCUT2D eigenvalue weighted by Gasteiger charge is -2.28. The van der Waals surface area contributed by atoms with Crippen molar-refractivity contribution in [3.05, 3.63) is 35.4 Å². The molecule has 1 rings (SSSR count). The molecule has 1 unspecified atom stereocenters. The smallest absolute Gasteiger partial charge is 0.376 e. The van der Waals surface area contributed by atoms with E-state index in [2.05, 4.69) is 0 Å². The van der Waals surface area contributed by atoms with Crippen molar-refractivity contribution in [3.8, 4) is 0 Å². The van der Waals surface area contributed by atoms with E-state index < -0.39 is 8.80 Å². The molecule has 18 heavy (non-hydrogen) atoms. The van der Waals surface area contributed by atoms with Gasteiger partial charge < -0.3 is 13.3 Å². The summed E-state index contributed by atoms with van der Waals surface area (Å²) in [5.41, 5.74) is 2.19. The van der Waals surface area contributed by atoms with E-state index in [1.807, 2.05) is 24.3 Å². The zero-order valence-electron chi connectivity index (χ0n) is 10.8. The highest BCUT2D eigenvalue weighted by molar-refractivity contribution is 6.71. The van der Waals surface area contributed by atoms with Crippen molar-refractivity contribution in [3.63, 3.8) is 0 Å². The van der Waals surface area contributed by atoms with Crippen molar-refractivity contribution in [2.75, 3.05) is 21.3 Å². The van der Waals surface area contributed by atoms with Gasteiger partial charge in [0.05, 0.1) is 0 Å². The molecule has 0 bridgehead atoms. The van der Waals surface area contributed by atoms with Gasteiger partial charge in [-0.15, -0.1) is 23.2 Å². The van der Waals surface area contributed by atoms with Crippen molar-refractivity contribution < 1.29 is 13.3 Å². The largest absolute Gasteiger partial charge is 0.519 e. The maximum absolute atomic E-state index is 6.37. The molecule has 102 valence electrons. The molecule has 0 heterocycles. The van der Waals surface area contributed by atoms with Gasteiger partial charge in [0.2, 0.25) is 0 Å². The van der Waals surface area contributed by atoms with Crippen LogP contribution in [0.15, 0.2) is 24.3 Å². The summed E-state index contributed by atoms with van der Waals surface area (Å²) >= 11 is 12.1. The molecule has 1 aromatic carbocycles. The van der Waals surface area contributed by atoms with Crippen LogP contribution in [0.2, 0.25) is 0 Å². The summed E-state index contributed by atoms with van der Waals surface area (Å²) in [6, 6.07) is 7.99. The molecule has 0 spiro atoms. The number of benzene rings is 1. The lowest BCUT2D eigenvalue weighted by molar-refractivity contribution is 0.121. The predicted molar refractivity (Wildman–Crippen MR) is 76.1 cm³/mol. The molecule has 3 nitrogen and oxygen atoms in total. The minimum Gasteiger partial charge on any atom is -0.376 e. The summed E-state index contributed by atoms with van der Waals surface area (Å²) in [6.07, 6.45) is 0.631. The van der Waals surface area contributed by atoms with E-state index in [0.29, 0.717) is 12.3 Å². The minimum atomic E-state index is -2.79. The van der Waals surface area contributed by atoms with E-state index >= 15 is 0 Å². The van der Waals surface area contributed by atoms with Crippen LogP contribution in [-0.2, 0) is 25.6 Å². The maximum atomic E-state index is 6.37. The molecule has 0 N–H and O–H groups in total. The molecular formula is C12H18Cl2O3Si. The molecule has 0 amide bonds. The first-order valence-corrected chi connectivity index (χ1v) is 8.32. The van der Waals surface area contributed by atoms with Crippen LogP contribution in [-0.4, -0.2) is 35.1 Å². The summed E-state index contributed by atoms with van der Waals surface area (Å²) in [5.74, 6) is 0.511. The summed E-state index contributed by atoms with van der Waals surface area (Å²) in [7, 11) is 1.90. The Kier molecular flexibility index (Phi) is 6.63. The number of rotatable bonds is 7. The number of hydrogen-bond donors (Lipinski definition) is 0. The summed E-state index contributed by atoms with van der Waals surface area (Å²) in [5, 5.41) is -0.320. The van der Waals surface area contributed by atoms with Crippen LogP contribution in [0.4, 0.5) is 0 Å². The third-order valence-electron chi connectivity index (χ3n) is 2.83. The van der Waals surface area contributed by atoms with Gasteiger partial charge in [-0.25, -0.2) is 0 Å². The van der Waals surface area contributed by atoms with Crippen LogP contribution in [0.3, 0.4) is 0 Å². The fourth-order valence-corrected chi connectivity index (χ4v) is 4.64. The van der Waals surface area contributed by atoms with Crippen LogP contribution in [0.1, 0.15) is 11.1 Å². The Morgan fingerprint density at radius 3 is 1.83 bits per heavy atom. The number of hydrogen-bond acceptors (Lipinski definition) is 3. The molecule has 0 aromatic heterocycles. The topological polar surface area (TPSA) is 27.7 Å². The highest BCUT2D eigenvalue weighted by Crippen LogP contribution is 2.22. The first-order chi connectivity index (χ1) is 8.61. The van der Waals surface area contributed by atoms with Crippen molar-refractivity contribution in [1.82, 2.24) is 0 Å². The standard InChI is InChI=1S/C12H18Cl2O3Si/c1-15-18(16-2,17-3)12(14)8-10-4-6-11(9-13)7-5-10/h4-7,12H,8-9H2,1-3H3. The number of alkyl halides is 2. The molecule has 1 aromatic rings. The van der Waals surface area contributed by atoms with Gasteiger partial charge in [-0.3, -0.25) is 0 Å². The molecule has 0 aliphatic heterocycles. The van der Waals surface area contributed by atoms with E-state index in [0.717, 1.165) is 11.1 Å². The molecule has 0 aliphatic carbocycles. The Morgan fingerprint density at radius 1 is 1.00 bits per heavy atom. The Balaban J connectivity index is 2.75. The second-order valence-corrected chi connectivity index (χ2v) is 8.13.